The highest BCUT2D eigenvalue weighted by atomic mass is 16.5. The Bertz CT molecular complexity index is 81.0. The highest BCUT2D eigenvalue weighted by Gasteiger charge is 1.90. The lowest BCUT2D eigenvalue weighted by atomic mass is 10.5. The zero-order valence-corrected chi connectivity index (χ0v) is 6.42. The van der Waals surface area contributed by atoms with Gasteiger partial charge in [0.15, 0.2) is 0 Å². The van der Waals surface area contributed by atoms with Crippen LogP contribution in [0.3, 0.4) is 0 Å². The maximum absolute atomic E-state index is 5.15. The standard InChI is InChI=1S/C7H15NO/c1-4-6-8-7(3)9-5-2/h6-7H,4-5H2,1-3H3. The Labute approximate surface area is 56.9 Å². The fourth-order valence-electron chi connectivity index (χ4n) is 0.538. The van der Waals surface area contributed by atoms with Crippen LogP contribution < -0.4 is 0 Å². The number of nitrogens with zero attached hydrogens (tertiary/aromatic N) is 1. The van der Waals surface area contributed by atoms with E-state index < -0.39 is 0 Å². The summed E-state index contributed by atoms with van der Waals surface area (Å²) in [6, 6.07) is 0. The first-order chi connectivity index (χ1) is 4.31. The van der Waals surface area contributed by atoms with E-state index in [1.54, 1.807) is 0 Å². The summed E-state index contributed by atoms with van der Waals surface area (Å²) in [4.78, 5) is 4.09. The monoisotopic (exact) mass is 129 g/mol. The Hall–Kier alpha value is -0.370. The van der Waals surface area contributed by atoms with Crippen LogP contribution in [0.4, 0.5) is 0 Å². The molecule has 54 valence electrons. The Balaban J connectivity index is 3.25. The second-order valence-corrected chi connectivity index (χ2v) is 1.79. The lowest BCUT2D eigenvalue weighted by molar-refractivity contribution is 0.0834. The SMILES string of the molecule is CCC=NC(C)OCC. The molecule has 0 aromatic heterocycles. The molecule has 0 aliphatic rings. The molecule has 2 heteroatoms. The molecule has 0 aromatic rings. The lowest BCUT2D eigenvalue weighted by Crippen LogP contribution is -2.03. The van der Waals surface area contributed by atoms with E-state index in [2.05, 4.69) is 11.9 Å². The number of hydrogen-bond acceptors (Lipinski definition) is 2. The molecule has 2 nitrogen and oxygen atoms in total. The highest BCUT2D eigenvalue weighted by Crippen LogP contribution is 1.89. The molecule has 0 aromatic carbocycles. The van der Waals surface area contributed by atoms with Crippen LogP contribution in [0.2, 0.25) is 0 Å². The van der Waals surface area contributed by atoms with Crippen molar-refractivity contribution in [1.82, 2.24) is 0 Å². The van der Waals surface area contributed by atoms with Crippen molar-refractivity contribution in [3.8, 4) is 0 Å². The largest absolute Gasteiger partial charge is 0.357 e. The van der Waals surface area contributed by atoms with E-state index in [0.717, 1.165) is 13.0 Å². The molecule has 0 rings (SSSR count). The second-order valence-electron chi connectivity index (χ2n) is 1.79. The third kappa shape index (κ3) is 5.50. The van der Waals surface area contributed by atoms with Gasteiger partial charge < -0.3 is 4.74 Å². The summed E-state index contributed by atoms with van der Waals surface area (Å²) in [6.07, 6.45) is 2.90. The molecule has 1 atom stereocenters. The Kier molecular flexibility index (Phi) is 5.52. The van der Waals surface area contributed by atoms with Gasteiger partial charge in [-0.15, -0.1) is 0 Å². The van der Waals surface area contributed by atoms with Gasteiger partial charge in [0.25, 0.3) is 0 Å². The van der Waals surface area contributed by atoms with Crippen LogP contribution in [0, 0.1) is 0 Å². The Morgan fingerprint density at radius 1 is 1.56 bits per heavy atom. The summed E-state index contributed by atoms with van der Waals surface area (Å²) in [5, 5.41) is 0. The van der Waals surface area contributed by atoms with Crippen molar-refractivity contribution in [1.29, 1.82) is 0 Å². The van der Waals surface area contributed by atoms with Crippen molar-refractivity contribution < 1.29 is 4.74 Å². The topological polar surface area (TPSA) is 21.6 Å². The zero-order valence-electron chi connectivity index (χ0n) is 6.42. The molecule has 0 amide bonds. The third-order valence-electron chi connectivity index (χ3n) is 0.906. The fraction of sp³-hybridized carbons (Fsp3) is 0.857. The molecule has 0 spiro atoms. The molecule has 0 radical (unpaired) electrons. The van der Waals surface area contributed by atoms with Crippen LogP contribution in [0.15, 0.2) is 4.99 Å². The average molecular weight is 129 g/mol. The average Bonchev–Trinajstić information content (AvgIpc) is 1.85. The molecule has 0 N–H and O–H groups in total. The number of ether oxygens (including phenoxy) is 1. The van der Waals surface area contributed by atoms with E-state index in [0.29, 0.717) is 0 Å². The van der Waals surface area contributed by atoms with E-state index >= 15 is 0 Å². The second kappa shape index (κ2) is 5.76. The zero-order chi connectivity index (χ0) is 7.11. The quantitative estimate of drug-likeness (QED) is 0.531. The maximum Gasteiger partial charge on any atom is 0.145 e. The van der Waals surface area contributed by atoms with E-state index in [-0.39, 0.29) is 6.23 Å². The molecule has 0 aliphatic heterocycles. The van der Waals surface area contributed by atoms with Crippen LogP contribution in [-0.4, -0.2) is 19.0 Å². The first kappa shape index (κ1) is 8.63. The van der Waals surface area contributed by atoms with Gasteiger partial charge in [-0.1, -0.05) is 6.92 Å². The molecule has 0 saturated carbocycles. The van der Waals surface area contributed by atoms with Gasteiger partial charge >= 0.3 is 0 Å². The molecule has 0 aliphatic carbocycles. The van der Waals surface area contributed by atoms with Gasteiger partial charge in [-0.25, -0.2) is 0 Å². The predicted molar refractivity (Wildman–Crippen MR) is 39.9 cm³/mol. The minimum atomic E-state index is 0.0370. The van der Waals surface area contributed by atoms with Gasteiger partial charge in [-0.3, -0.25) is 4.99 Å². The van der Waals surface area contributed by atoms with Crippen LogP contribution in [-0.2, 0) is 4.74 Å². The molecule has 0 fully saturated rings. The van der Waals surface area contributed by atoms with E-state index in [4.69, 9.17) is 4.74 Å². The third-order valence-corrected chi connectivity index (χ3v) is 0.906. The van der Waals surface area contributed by atoms with Crippen LogP contribution in [0.1, 0.15) is 27.2 Å². The van der Waals surface area contributed by atoms with E-state index in [1.165, 1.54) is 0 Å². The maximum atomic E-state index is 5.15. The molecule has 9 heavy (non-hydrogen) atoms. The fourth-order valence-corrected chi connectivity index (χ4v) is 0.538. The summed E-state index contributed by atoms with van der Waals surface area (Å²) < 4.78 is 5.15. The predicted octanol–water partition coefficient (Wildman–Crippen LogP) is 1.85. The molecule has 0 saturated heterocycles. The molecular weight excluding hydrogens is 114 g/mol. The minimum absolute atomic E-state index is 0.0370. The summed E-state index contributed by atoms with van der Waals surface area (Å²) >= 11 is 0. The first-order valence-corrected chi connectivity index (χ1v) is 3.44. The van der Waals surface area contributed by atoms with Crippen LogP contribution >= 0.6 is 0 Å². The number of rotatable bonds is 4. The normalized spacial score (nSPS) is 14.6. The highest BCUT2D eigenvalue weighted by molar-refractivity contribution is 5.56. The Morgan fingerprint density at radius 2 is 2.22 bits per heavy atom. The molecule has 0 heterocycles. The van der Waals surface area contributed by atoms with Crippen molar-refractivity contribution in [3.05, 3.63) is 0 Å². The summed E-state index contributed by atoms with van der Waals surface area (Å²) in [5.41, 5.74) is 0. The van der Waals surface area contributed by atoms with E-state index in [9.17, 15) is 0 Å². The van der Waals surface area contributed by atoms with Crippen LogP contribution in [0.5, 0.6) is 0 Å². The van der Waals surface area contributed by atoms with Crippen molar-refractivity contribution in [3.63, 3.8) is 0 Å². The van der Waals surface area contributed by atoms with Gasteiger partial charge in [0.2, 0.25) is 0 Å². The summed E-state index contributed by atoms with van der Waals surface area (Å²) in [7, 11) is 0. The molecule has 1 unspecified atom stereocenters. The smallest absolute Gasteiger partial charge is 0.145 e. The van der Waals surface area contributed by atoms with Gasteiger partial charge in [0.1, 0.15) is 6.23 Å². The van der Waals surface area contributed by atoms with Crippen molar-refractivity contribution in [2.75, 3.05) is 6.61 Å². The van der Waals surface area contributed by atoms with E-state index in [1.807, 2.05) is 20.1 Å². The Morgan fingerprint density at radius 3 is 2.67 bits per heavy atom. The molecule has 0 bridgehead atoms. The summed E-state index contributed by atoms with van der Waals surface area (Å²) in [6.45, 7) is 6.71. The lowest BCUT2D eigenvalue weighted by Gasteiger charge is -2.03. The number of aliphatic imine (C=N–C) groups is 1. The van der Waals surface area contributed by atoms with Gasteiger partial charge in [-0.05, 0) is 20.3 Å². The minimum Gasteiger partial charge on any atom is -0.357 e. The van der Waals surface area contributed by atoms with Crippen molar-refractivity contribution in [2.45, 2.75) is 33.4 Å². The van der Waals surface area contributed by atoms with Crippen molar-refractivity contribution in [2.24, 2.45) is 4.99 Å². The van der Waals surface area contributed by atoms with Gasteiger partial charge in [0, 0.05) is 12.8 Å². The number of hydrogen-bond donors (Lipinski definition) is 0. The van der Waals surface area contributed by atoms with Gasteiger partial charge in [-0.2, -0.15) is 0 Å². The summed E-state index contributed by atoms with van der Waals surface area (Å²) in [5.74, 6) is 0. The molecular formula is C7H15NO. The van der Waals surface area contributed by atoms with Gasteiger partial charge in [0.05, 0.1) is 0 Å². The first-order valence-electron chi connectivity index (χ1n) is 3.44. The van der Waals surface area contributed by atoms with Crippen LogP contribution in [0.25, 0.3) is 0 Å². The van der Waals surface area contributed by atoms with Crippen molar-refractivity contribution >= 4 is 6.21 Å².